The van der Waals surface area contributed by atoms with Crippen molar-refractivity contribution < 1.29 is 19.1 Å². The molecule has 0 radical (unpaired) electrons. The lowest BCUT2D eigenvalue weighted by Crippen LogP contribution is -2.48. The van der Waals surface area contributed by atoms with Gasteiger partial charge >= 0.3 is 0 Å². The largest absolute Gasteiger partial charge is 0.454 e. The highest BCUT2D eigenvalue weighted by molar-refractivity contribution is 5.98. The Balaban J connectivity index is 1.70. The van der Waals surface area contributed by atoms with Crippen molar-refractivity contribution in [3.63, 3.8) is 0 Å². The summed E-state index contributed by atoms with van der Waals surface area (Å²) in [5.74, 6) is 1.19. The minimum atomic E-state index is -0.612. The Labute approximate surface area is 171 Å². The van der Waals surface area contributed by atoms with E-state index in [2.05, 4.69) is 10.6 Å². The van der Waals surface area contributed by atoms with E-state index >= 15 is 0 Å². The molecule has 1 aliphatic heterocycles. The maximum atomic E-state index is 13.0. The molecule has 0 spiro atoms. The van der Waals surface area contributed by atoms with Gasteiger partial charge in [-0.25, -0.2) is 0 Å². The first-order valence-corrected chi connectivity index (χ1v) is 9.91. The zero-order chi connectivity index (χ0) is 21.0. The maximum absolute atomic E-state index is 13.0. The lowest BCUT2D eigenvalue weighted by Gasteiger charge is -2.23. The third-order valence-electron chi connectivity index (χ3n) is 4.97. The van der Waals surface area contributed by atoms with Crippen molar-refractivity contribution >= 4 is 11.8 Å². The van der Waals surface area contributed by atoms with Gasteiger partial charge < -0.3 is 20.1 Å². The van der Waals surface area contributed by atoms with Crippen molar-refractivity contribution in [2.24, 2.45) is 5.92 Å². The molecular weight excluding hydrogens is 368 g/mol. The molecule has 1 aliphatic rings. The first-order chi connectivity index (χ1) is 13.8. The van der Waals surface area contributed by atoms with Crippen LogP contribution in [0.25, 0.3) is 0 Å². The summed E-state index contributed by atoms with van der Waals surface area (Å²) in [5, 5.41) is 5.92. The first-order valence-electron chi connectivity index (χ1n) is 9.91. The summed E-state index contributed by atoms with van der Waals surface area (Å²) in [4.78, 5) is 25.7. The molecule has 3 rings (SSSR count). The number of amides is 2. The average Bonchev–Trinajstić information content (AvgIpc) is 3.15. The molecule has 2 amide bonds. The van der Waals surface area contributed by atoms with Gasteiger partial charge in [0.2, 0.25) is 12.7 Å². The zero-order valence-corrected chi connectivity index (χ0v) is 17.3. The van der Waals surface area contributed by atoms with Crippen molar-refractivity contribution in [1.82, 2.24) is 10.6 Å². The Morgan fingerprint density at radius 2 is 1.72 bits per heavy atom. The molecule has 0 unspecified atom stereocenters. The fraction of sp³-hybridized carbons (Fsp3) is 0.391. The Kier molecular flexibility index (Phi) is 6.42. The second kappa shape index (κ2) is 8.99. The van der Waals surface area contributed by atoms with E-state index in [1.807, 2.05) is 64.1 Å². The van der Waals surface area contributed by atoms with Gasteiger partial charge in [0.05, 0.1) is 6.04 Å². The molecule has 0 fully saturated rings. The number of carbonyl (C=O) groups is 2. The molecule has 0 saturated heterocycles. The predicted octanol–water partition coefficient (Wildman–Crippen LogP) is 3.75. The summed E-state index contributed by atoms with van der Waals surface area (Å²) >= 11 is 0. The van der Waals surface area contributed by atoms with E-state index in [0.717, 1.165) is 11.1 Å². The van der Waals surface area contributed by atoms with E-state index < -0.39 is 6.04 Å². The molecule has 29 heavy (non-hydrogen) atoms. The van der Waals surface area contributed by atoms with Crippen LogP contribution in [0.1, 0.15) is 54.7 Å². The molecule has 2 aromatic rings. The van der Waals surface area contributed by atoms with E-state index in [0.29, 0.717) is 23.5 Å². The van der Waals surface area contributed by atoms with E-state index in [1.165, 1.54) is 0 Å². The Hall–Kier alpha value is -3.02. The molecule has 6 nitrogen and oxygen atoms in total. The number of carbonyl (C=O) groups excluding carboxylic acids is 2. The van der Waals surface area contributed by atoms with Crippen molar-refractivity contribution in [2.45, 2.75) is 46.2 Å². The standard InChI is InChI=1S/C23H28N2O4/c1-14(2)11-19(25-22(26)18-8-6-5-7-15(18)3)23(27)24-16(4)17-9-10-20-21(12-17)29-13-28-20/h5-10,12,14,16,19H,11,13H2,1-4H3,(H,24,27)(H,25,26)/t16-,19+/m1/s1. The molecule has 154 valence electrons. The van der Waals surface area contributed by atoms with Crippen LogP contribution in [-0.4, -0.2) is 24.6 Å². The second-order valence-electron chi connectivity index (χ2n) is 7.81. The summed E-state index contributed by atoms with van der Waals surface area (Å²) in [5.41, 5.74) is 2.37. The van der Waals surface area contributed by atoms with Crippen LogP contribution in [0.2, 0.25) is 0 Å². The topological polar surface area (TPSA) is 76.7 Å². The molecule has 1 heterocycles. The van der Waals surface area contributed by atoms with Crippen LogP contribution in [0.5, 0.6) is 11.5 Å². The monoisotopic (exact) mass is 396 g/mol. The Morgan fingerprint density at radius 1 is 1.00 bits per heavy atom. The molecule has 0 aliphatic carbocycles. The molecular formula is C23H28N2O4. The number of fused-ring (bicyclic) bond motifs is 1. The highest BCUT2D eigenvalue weighted by atomic mass is 16.7. The van der Waals surface area contributed by atoms with Gasteiger partial charge in [-0.1, -0.05) is 38.1 Å². The fourth-order valence-electron chi connectivity index (χ4n) is 3.35. The van der Waals surface area contributed by atoms with Crippen molar-refractivity contribution in [2.75, 3.05) is 6.79 Å². The van der Waals surface area contributed by atoms with Gasteiger partial charge in [-0.05, 0) is 55.5 Å². The molecule has 6 heteroatoms. The molecule has 2 N–H and O–H groups in total. The van der Waals surface area contributed by atoms with Gasteiger partial charge in [0.25, 0.3) is 5.91 Å². The number of hydrogen-bond donors (Lipinski definition) is 2. The number of rotatable bonds is 7. The van der Waals surface area contributed by atoms with E-state index in [4.69, 9.17) is 9.47 Å². The van der Waals surface area contributed by atoms with Gasteiger partial charge in [0.1, 0.15) is 6.04 Å². The third kappa shape index (κ3) is 5.08. The molecule has 0 saturated carbocycles. The summed E-state index contributed by atoms with van der Waals surface area (Å²) in [6.45, 7) is 8.06. The highest BCUT2D eigenvalue weighted by Gasteiger charge is 2.25. The van der Waals surface area contributed by atoms with Crippen molar-refractivity contribution in [3.05, 3.63) is 59.2 Å². The van der Waals surface area contributed by atoms with E-state index in [1.54, 1.807) is 6.07 Å². The number of ether oxygens (including phenoxy) is 2. The minimum Gasteiger partial charge on any atom is -0.454 e. The maximum Gasteiger partial charge on any atom is 0.252 e. The fourth-order valence-corrected chi connectivity index (χ4v) is 3.35. The van der Waals surface area contributed by atoms with Gasteiger partial charge in [0.15, 0.2) is 11.5 Å². The van der Waals surface area contributed by atoms with Crippen LogP contribution in [-0.2, 0) is 4.79 Å². The second-order valence-corrected chi connectivity index (χ2v) is 7.81. The van der Waals surface area contributed by atoms with Gasteiger partial charge in [-0.3, -0.25) is 9.59 Å². The Morgan fingerprint density at radius 3 is 2.45 bits per heavy atom. The van der Waals surface area contributed by atoms with Crippen LogP contribution >= 0.6 is 0 Å². The molecule has 2 aromatic carbocycles. The van der Waals surface area contributed by atoms with Gasteiger partial charge in [0, 0.05) is 5.56 Å². The third-order valence-corrected chi connectivity index (χ3v) is 4.97. The van der Waals surface area contributed by atoms with Crippen LogP contribution < -0.4 is 20.1 Å². The summed E-state index contributed by atoms with van der Waals surface area (Å²) in [6.07, 6.45) is 0.553. The Bertz CT molecular complexity index is 894. The smallest absolute Gasteiger partial charge is 0.252 e. The molecule has 0 bridgehead atoms. The number of aryl methyl sites for hydroxylation is 1. The van der Waals surface area contributed by atoms with Crippen LogP contribution in [0.3, 0.4) is 0 Å². The molecule has 2 atom stereocenters. The number of benzene rings is 2. The van der Waals surface area contributed by atoms with Crippen molar-refractivity contribution in [3.8, 4) is 11.5 Å². The summed E-state index contributed by atoms with van der Waals surface area (Å²) in [7, 11) is 0. The van der Waals surface area contributed by atoms with Gasteiger partial charge in [-0.2, -0.15) is 0 Å². The molecule has 0 aromatic heterocycles. The highest BCUT2D eigenvalue weighted by Crippen LogP contribution is 2.34. The number of hydrogen-bond acceptors (Lipinski definition) is 4. The van der Waals surface area contributed by atoms with Crippen LogP contribution in [0, 0.1) is 12.8 Å². The SMILES string of the molecule is Cc1ccccc1C(=O)N[C@@H](CC(C)C)C(=O)N[C@H](C)c1ccc2c(c1)OCO2. The van der Waals surface area contributed by atoms with Crippen LogP contribution in [0.4, 0.5) is 0 Å². The number of nitrogens with one attached hydrogen (secondary N) is 2. The van der Waals surface area contributed by atoms with Crippen LogP contribution in [0.15, 0.2) is 42.5 Å². The van der Waals surface area contributed by atoms with E-state index in [-0.39, 0.29) is 30.6 Å². The quantitative estimate of drug-likeness (QED) is 0.747. The normalized spacial score (nSPS) is 14.4. The van der Waals surface area contributed by atoms with E-state index in [9.17, 15) is 9.59 Å². The predicted molar refractivity (Wildman–Crippen MR) is 111 cm³/mol. The minimum absolute atomic E-state index is 0.203. The first kappa shape index (κ1) is 20.7. The average molecular weight is 396 g/mol. The van der Waals surface area contributed by atoms with Gasteiger partial charge in [-0.15, -0.1) is 0 Å². The lowest BCUT2D eigenvalue weighted by molar-refractivity contribution is -0.124. The zero-order valence-electron chi connectivity index (χ0n) is 17.3. The lowest BCUT2D eigenvalue weighted by atomic mass is 10.0. The summed E-state index contributed by atoms with van der Waals surface area (Å²) in [6, 6.07) is 12.1. The van der Waals surface area contributed by atoms with Crippen molar-refractivity contribution in [1.29, 1.82) is 0 Å². The summed E-state index contributed by atoms with van der Waals surface area (Å²) < 4.78 is 10.7.